The van der Waals surface area contributed by atoms with Crippen molar-refractivity contribution < 1.29 is 0 Å². The molecule has 0 saturated heterocycles. The lowest BCUT2D eigenvalue weighted by molar-refractivity contribution is 0.537. The zero-order chi connectivity index (χ0) is 12.5. The molecule has 1 heteroatoms. The maximum Gasteiger partial charge on any atom is 0.0354 e. The van der Waals surface area contributed by atoms with E-state index >= 15 is 0 Å². The highest BCUT2D eigenvalue weighted by atomic mass is 14.9. The molecule has 94 valence electrons. The first-order valence-corrected chi connectivity index (χ1v) is 6.74. The summed E-state index contributed by atoms with van der Waals surface area (Å²) >= 11 is 0. The summed E-state index contributed by atoms with van der Waals surface area (Å²) in [7, 11) is 0. The Kier molecular flexibility index (Phi) is 6.64. The first-order chi connectivity index (χ1) is 8.31. The molecular formula is C16H25N. The summed E-state index contributed by atoms with van der Waals surface area (Å²) in [4.78, 5) is 0. The van der Waals surface area contributed by atoms with E-state index in [1.165, 1.54) is 30.4 Å². The Labute approximate surface area is 106 Å². The minimum absolute atomic E-state index is 0.420. The third kappa shape index (κ3) is 4.74. The second-order valence-corrected chi connectivity index (χ2v) is 4.52. The molecule has 1 aromatic rings. The van der Waals surface area contributed by atoms with Gasteiger partial charge in [-0.1, -0.05) is 50.6 Å². The minimum Gasteiger partial charge on any atom is -0.310 e. The van der Waals surface area contributed by atoms with Gasteiger partial charge < -0.3 is 5.32 Å². The van der Waals surface area contributed by atoms with Crippen LogP contribution >= 0.6 is 0 Å². The summed E-state index contributed by atoms with van der Waals surface area (Å²) in [5.74, 6) is 0. The van der Waals surface area contributed by atoms with Crippen LogP contribution in [0.25, 0.3) is 0 Å². The molecule has 0 amide bonds. The normalized spacial score (nSPS) is 12.4. The van der Waals surface area contributed by atoms with Gasteiger partial charge in [0.25, 0.3) is 0 Å². The molecule has 0 saturated carbocycles. The van der Waals surface area contributed by atoms with E-state index in [9.17, 15) is 0 Å². The van der Waals surface area contributed by atoms with Crippen molar-refractivity contribution in [3.63, 3.8) is 0 Å². The summed E-state index contributed by atoms with van der Waals surface area (Å²) in [6, 6.07) is 9.43. The molecule has 1 aromatic carbocycles. The zero-order valence-electron chi connectivity index (χ0n) is 11.2. The van der Waals surface area contributed by atoms with Crippen molar-refractivity contribution in [3.8, 4) is 0 Å². The fourth-order valence-corrected chi connectivity index (χ4v) is 2.03. The second kappa shape index (κ2) is 8.08. The topological polar surface area (TPSA) is 12.0 Å². The SMILES string of the molecule is C=CCC(NCCC)c1ccc(CCC)cc1. The smallest absolute Gasteiger partial charge is 0.0354 e. The van der Waals surface area contributed by atoms with Crippen LogP contribution in [-0.2, 0) is 6.42 Å². The highest BCUT2D eigenvalue weighted by Gasteiger charge is 2.08. The molecule has 1 unspecified atom stereocenters. The van der Waals surface area contributed by atoms with E-state index in [2.05, 4.69) is 50.0 Å². The lowest BCUT2D eigenvalue weighted by atomic mass is 10.0. The van der Waals surface area contributed by atoms with Gasteiger partial charge in [-0.3, -0.25) is 0 Å². The van der Waals surface area contributed by atoms with E-state index in [0.29, 0.717) is 6.04 Å². The summed E-state index contributed by atoms with van der Waals surface area (Å²) in [6.45, 7) is 9.32. The first kappa shape index (κ1) is 14.0. The number of hydrogen-bond donors (Lipinski definition) is 1. The number of benzene rings is 1. The maximum absolute atomic E-state index is 3.84. The van der Waals surface area contributed by atoms with Crippen LogP contribution in [0.2, 0.25) is 0 Å². The van der Waals surface area contributed by atoms with Crippen molar-refractivity contribution in [2.75, 3.05) is 6.54 Å². The Hall–Kier alpha value is -1.08. The predicted molar refractivity (Wildman–Crippen MR) is 76.3 cm³/mol. The van der Waals surface area contributed by atoms with E-state index in [1.807, 2.05) is 6.08 Å². The number of nitrogens with one attached hydrogen (secondary N) is 1. The lowest BCUT2D eigenvalue weighted by Gasteiger charge is -2.17. The molecule has 0 fully saturated rings. The third-order valence-corrected chi connectivity index (χ3v) is 2.96. The molecule has 0 aliphatic heterocycles. The maximum atomic E-state index is 3.84. The van der Waals surface area contributed by atoms with Crippen molar-refractivity contribution in [2.45, 2.75) is 45.6 Å². The summed E-state index contributed by atoms with van der Waals surface area (Å²) in [5, 5.41) is 3.57. The van der Waals surface area contributed by atoms with Crippen LogP contribution in [0.1, 0.15) is 50.3 Å². The summed E-state index contributed by atoms with van der Waals surface area (Å²) in [6.07, 6.45) is 6.54. The van der Waals surface area contributed by atoms with Crippen LogP contribution in [-0.4, -0.2) is 6.54 Å². The first-order valence-electron chi connectivity index (χ1n) is 6.74. The molecule has 0 aromatic heterocycles. The average molecular weight is 231 g/mol. The fraction of sp³-hybridized carbons (Fsp3) is 0.500. The van der Waals surface area contributed by atoms with Crippen molar-refractivity contribution in [2.24, 2.45) is 0 Å². The van der Waals surface area contributed by atoms with Crippen LogP contribution < -0.4 is 5.32 Å². The second-order valence-electron chi connectivity index (χ2n) is 4.52. The molecule has 1 N–H and O–H groups in total. The van der Waals surface area contributed by atoms with Gasteiger partial charge in [0.2, 0.25) is 0 Å². The molecule has 1 nitrogen and oxygen atoms in total. The van der Waals surface area contributed by atoms with Crippen molar-refractivity contribution in [3.05, 3.63) is 48.0 Å². The number of rotatable bonds is 8. The van der Waals surface area contributed by atoms with Gasteiger partial charge in [-0.15, -0.1) is 6.58 Å². The average Bonchev–Trinajstić information content (AvgIpc) is 2.36. The van der Waals surface area contributed by atoms with Crippen molar-refractivity contribution >= 4 is 0 Å². The van der Waals surface area contributed by atoms with Gasteiger partial charge in [0.15, 0.2) is 0 Å². The summed E-state index contributed by atoms with van der Waals surface area (Å²) in [5.41, 5.74) is 2.81. The molecule has 17 heavy (non-hydrogen) atoms. The Morgan fingerprint density at radius 3 is 2.41 bits per heavy atom. The molecule has 0 aliphatic rings. The van der Waals surface area contributed by atoms with Gasteiger partial charge in [-0.05, 0) is 36.9 Å². The van der Waals surface area contributed by atoms with Crippen LogP contribution in [0, 0.1) is 0 Å². The van der Waals surface area contributed by atoms with Crippen LogP contribution in [0.3, 0.4) is 0 Å². The molecule has 0 aliphatic carbocycles. The van der Waals surface area contributed by atoms with Gasteiger partial charge in [0.1, 0.15) is 0 Å². The molecule has 1 rings (SSSR count). The van der Waals surface area contributed by atoms with E-state index in [0.717, 1.165) is 13.0 Å². The minimum atomic E-state index is 0.420. The van der Waals surface area contributed by atoms with Gasteiger partial charge in [-0.2, -0.15) is 0 Å². The number of aryl methyl sites for hydroxylation is 1. The predicted octanol–water partition coefficient (Wildman–Crippen LogP) is 4.26. The van der Waals surface area contributed by atoms with Crippen LogP contribution in [0.15, 0.2) is 36.9 Å². The highest BCUT2D eigenvalue weighted by Crippen LogP contribution is 2.18. The van der Waals surface area contributed by atoms with E-state index < -0.39 is 0 Å². The van der Waals surface area contributed by atoms with Gasteiger partial charge in [0.05, 0.1) is 0 Å². The molecule has 0 heterocycles. The van der Waals surface area contributed by atoms with Crippen LogP contribution in [0.4, 0.5) is 0 Å². The molecule has 0 bridgehead atoms. The van der Waals surface area contributed by atoms with Gasteiger partial charge in [0, 0.05) is 6.04 Å². The summed E-state index contributed by atoms with van der Waals surface area (Å²) < 4.78 is 0. The third-order valence-electron chi connectivity index (χ3n) is 2.96. The standard InChI is InChI=1S/C16H25N/c1-4-7-14-9-11-15(12-10-14)16(8-5-2)17-13-6-3/h5,9-12,16-17H,2,4,6-8,13H2,1,3H3. The van der Waals surface area contributed by atoms with E-state index in [-0.39, 0.29) is 0 Å². The molecule has 0 spiro atoms. The highest BCUT2D eigenvalue weighted by molar-refractivity contribution is 5.25. The Morgan fingerprint density at radius 1 is 1.18 bits per heavy atom. The Bertz CT molecular complexity index is 313. The Morgan fingerprint density at radius 2 is 1.88 bits per heavy atom. The quantitative estimate of drug-likeness (QED) is 0.659. The largest absolute Gasteiger partial charge is 0.310 e. The molecule has 1 atom stereocenters. The molecule has 0 radical (unpaired) electrons. The van der Waals surface area contributed by atoms with Crippen molar-refractivity contribution in [1.82, 2.24) is 5.32 Å². The van der Waals surface area contributed by atoms with E-state index in [4.69, 9.17) is 0 Å². The van der Waals surface area contributed by atoms with Gasteiger partial charge in [-0.25, -0.2) is 0 Å². The fourth-order valence-electron chi connectivity index (χ4n) is 2.03. The zero-order valence-corrected chi connectivity index (χ0v) is 11.2. The van der Waals surface area contributed by atoms with Crippen molar-refractivity contribution in [1.29, 1.82) is 0 Å². The Balaban J connectivity index is 2.68. The number of hydrogen-bond acceptors (Lipinski definition) is 1. The van der Waals surface area contributed by atoms with E-state index in [1.54, 1.807) is 0 Å². The lowest BCUT2D eigenvalue weighted by Crippen LogP contribution is -2.21. The van der Waals surface area contributed by atoms with Gasteiger partial charge >= 0.3 is 0 Å². The molecular weight excluding hydrogens is 206 g/mol. The van der Waals surface area contributed by atoms with Crippen LogP contribution in [0.5, 0.6) is 0 Å². The monoisotopic (exact) mass is 231 g/mol.